The van der Waals surface area contributed by atoms with Crippen molar-refractivity contribution in [3.05, 3.63) is 118 Å². The summed E-state index contributed by atoms with van der Waals surface area (Å²) in [6, 6.07) is 15.9. The summed E-state index contributed by atoms with van der Waals surface area (Å²) in [5, 5.41) is 5.34. The second-order valence-electron chi connectivity index (χ2n) is 8.97. The second-order valence-corrected chi connectivity index (χ2v) is 8.97. The molecule has 8 nitrogen and oxygen atoms in total. The van der Waals surface area contributed by atoms with Crippen molar-refractivity contribution in [3.8, 4) is 5.75 Å². The molecule has 0 saturated heterocycles. The Balaban J connectivity index is 1.94. The first kappa shape index (κ1) is 31.4. The number of nitrogens with one attached hydrogen (secondary N) is 2. The van der Waals surface area contributed by atoms with E-state index in [1.807, 2.05) is 0 Å². The number of imide groups is 1. The lowest BCUT2D eigenvalue weighted by atomic mass is 10.0. The summed E-state index contributed by atoms with van der Waals surface area (Å²) in [7, 11) is 2.88. The molecule has 220 valence electrons. The van der Waals surface area contributed by atoms with Crippen LogP contribution in [0.25, 0.3) is 0 Å². The molecule has 0 aromatic heterocycles. The van der Waals surface area contributed by atoms with Crippen LogP contribution in [0.1, 0.15) is 16.7 Å². The molecule has 42 heavy (non-hydrogen) atoms. The summed E-state index contributed by atoms with van der Waals surface area (Å²) in [5.74, 6) is -1.44. The Morgan fingerprint density at radius 3 is 2.07 bits per heavy atom. The smallest absolute Gasteiger partial charge is 0.416 e. The maximum atomic E-state index is 13.4. The van der Waals surface area contributed by atoms with Gasteiger partial charge in [0.2, 0.25) is 6.41 Å². The fourth-order valence-electron chi connectivity index (χ4n) is 3.79. The minimum Gasteiger partial charge on any atom is -0.497 e. The van der Waals surface area contributed by atoms with Crippen LogP contribution in [-0.2, 0) is 33.5 Å². The fourth-order valence-corrected chi connectivity index (χ4v) is 3.79. The lowest BCUT2D eigenvalue weighted by molar-refractivity contribution is -0.138. The Bertz CT molecular complexity index is 1470. The molecule has 0 aliphatic carbocycles. The first-order valence-electron chi connectivity index (χ1n) is 12.5. The zero-order valence-corrected chi connectivity index (χ0v) is 22.7. The number of hydrogen-bond donors (Lipinski definition) is 3. The number of rotatable bonds is 11. The number of hydrogen-bond acceptors (Lipinski definition) is 6. The topological polar surface area (TPSA) is 114 Å². The molecule has 0 spiro atoms. The van der Waals surface area contributed by atoms with Crippen molar-refractivity contribution in [1.29, 1.82) is 0 Å². The lowest BCUT2D eigenvalue weighted by Gasteiger charge is -2.19. The van der Waals surface area contributed by atoms with E-state index in [9.17, 15) is 31.9 Å². The van der Waals surface area contributed by atoms with Crippen LogP contribution in [0.5, 0.6) is 5.75 Å². The molecule has 3 rings (SSSR count). The number of carbonyl (C=O) groups is 3. The van der Waals surface area contributed by atoms with Crippen molar-refractivity contribution in [2.45, 2.75) is 19.1 Å². The first-order chi connectivity index (χ1) is 19.9. The third-order valence-corrected chi connectivity index (χ3v) is 6.06. The predicted octanol–water partition coefficient (Wildman–Crippen LogP) is 4.54. The number of nitrogens with two attached hydrogens (primary N) is 1. The van der Waals surface area contributed by atoms with E-state index < -0.39 is 29.4 Å². The summed E-state index contributed by atoms with van der Waals surface area (Å²) in [5.41, 5.74) is 6.42. The van der Waals surface area contributed by atoms with E-state index in [1.54, 1.807) is 24.3 Å². The Hall–Kier alpha value is -5.13. The van der Waals surface area contributed by atoms with E-state index in [0.717, 1.165) is 29.2 Å². The van der Waals surface area contributed by atoms with Gasteiger partial charge in [-0.15, -0.1) is 0 Å². The number of anilines is 1. The highest BCUT2D eigenvalue weighted by Crippen LogP contribution is 2.29. The largest absolute Gasteiger partial charge is 0.497 e. The molecule has 3 aromatic carbocycles. The number of ether oxygens (including phenoxy) is 1. The Kier molecular flexibility index (Phi) is 10.4. The number of carbonyl (C=O) groups excluding carboxylic acids is 3. The van der Waals surface area contributed by atoms with E-state index in [-0.39, 0.29) is 41.9 Å². The molecule has 0 atom stereocenters. The maximum Gasteiger partial charge on any atom is 0.416 e. The highest BCUT2D eigenvalue weighted by atomic mass is 19.4. The molecule has 0 bridgehead atoms. The summed E-state index contributed by atoms with van der Waals surface area (Å²) in [6.45, 7) is -0.332. The van der Waals surface area contributed by atoms with Crippen LogP contribution in [0, 0.1) is 5.82 Å². The highest BCUT2D eigenvalue weighted by molar-refractivity contribution is 6.08. The SMILES string of the molecule is CN/C(=C\C(C(=O)Nc1ccc(OC)cc1)=C(\N)Cc1ccc(F)cc1)C(=O)N(C=O)Cc1ccc(C(F)(F)F)cc1. The average molecular weight is 585 g/mol. The van der Waals surface area contributed by atoms with Crippen LogP contribution >= 0.6 is 0 Å². The molecular formula is C30H28F4N4O4. The van der Waals surface area contributed by atoms with Gasteiger partial charge in [-0.3, -0.25) is 19.3 Å². The van der Waals surface area contributed by atoms with Crippen LogP contribution in [0.15, 0.2) is 95.8 Å². The third-order valence-electron chi connectivity index (χ3n) is 6.06. The van der Waals surface area contributed by atoms with Crippen molar-refractivity contribution >= 4 is 23.9 Å². The number of methoxy groups -OCH3 is 1. The monoisotopic (exact) mass is 584 g/mol. The van der Waals surface area contributed by atoms with Crippen molar-refractivity contribution < 1.29 is 36.7 Å². The van der Waals surface area contributed by atoms with E-state index in [0.29, 0.717) is 17.0 Å². The number of benzene rings is 3. The van der Waals surface area contributed by atoms with Gasteiger partial charge in [-0.2, -0.15) is 13.2 Å². The molecule has 0 aliphatic rings. The average Bonchev–Trinajstić information content (AvgIpc) is 2.97. The Morgan fingerprint density at radius 2 is 1.55 bits per heavy atom. The van der Waals surface area contributed by atoms with Crippen molar-refractivity contribution in [1.82, 2.24) is 10.2 Å². The lowest BCUT2D eigenvalue weighted by Crippen LogP contribution is -2.34. The van der Waals surface area contributed by atoms with E-state index in [1.165, 1.54) is 44.5 Å². The third kappa shape index (κ3) is 8.43. The standard InChI is InChI=1S/C30H28F4N4O4/c1-36-27(29(41)38(18-39)17-20-3-7-21(8-4-20)30(32,33)34)16-25(26(35)15-19-5-9-22(31)10-6-19)28(40)37-23-11-13-24(42-2)14-12-23/h3-14,16,18,36H,15,17,35H2,1-2H3,(H,37,40)/b26-25-,27-16-. The van der Waals surface area contributed by atoms with Gasteiger partial charge in [-0.05, 0) is 65.7 Å². The van der Waals surface area contributed by atoms with Crippen molar-refractivity contribution in [3.63, 3.8) is 0 Å². The van der Waals surface area contributed by atoms with Crippen molar-refractivity contribution in [2.75, 3.05) is 19.5 Å². The van der Waals surface area contributed by atoms with Crippen LogP contribution in [-0.4, -0.2) is 37.3 Å². The van der Waals surface area contributed by atoms with Gasteiger partial charge in [0.25, 0.3) is 11.8 Å². The molecule has 4 N–H and O–H groups in total. The van der Waals surface area contributed by atoms with Crippen LogP contribution in [0.3, 0.4) is 0 Å². The normalized spacial score (nSPS) is 12.2. The first-order valence-corrected chi connectivity index (χ1v) is 12.5. The van der Waals surface area contributed by atoms with Crippen LogP contribution in [0.2, 0.25) is 0 Å². The van der Waals surface area contributed by atoms with Gasteiger partial charge in [0, 0.05) is 24.9 Å². The van der Waals surface area contributed by atoms with Crippen molar-refractivity contribution in [2.24, 2.45) is 5.73 Å². The molecule has 0 radical (unpaired) electrons. The number of amides is 3. The molecule has 12 heteroatoms. The van der Waals surface area contributed by atoms with Gasteiger partial charge >= 0.3 is 6.18 Å². The number of alkyl halides is 3. The van der Waals surface area contributed by atoms with E-state index in [4.69, 9.17) is 10.5 Å². The minimum atomic E-state index is -4.54. The summed E-state index contributed by atoms with van der Waals surface area (Å²) in [4.78, 5) is 39.2. The number of allylic oxidation sites excluding steroid dienone is 1. The van der Waals surface area contributed by atoms with Gasteiger partial charge in [0.1, 0.15) is 17.3 Å². The van der Waals surface area contributed by atoms with Gasteiger partial charge in [-0.25, -0.2) is 4.39 Å². The maximum absolute atomic E-state index is 13.4. The molecule has 3 aromatic rings. The molecule has 3 amide bonds. The number of nitrogens with zero attached hydrogens (tertiary/aromatic N) is 1. The highest BCUT2D eigenvalue weighted by Gasteiger charge is 2.30. The predicted molar refractivity (Wildman–Crippen MR) is 148 cm³/mol. The quantitative estimate of drug-likeness (QED) is 0.132. The van der Waals surface area contributed by atoms with E-state index >= 15 is 0 Å². The van der Waals surface area contributed by atoms with Gasteiger partial charge in [0.05, 0.1) is 24.8 Å². The molecule has 0 heterocycles. The number of likely N-dealkylation sites (N-methyl/N-ethyl adjacent to an activating group) is 1. The van der Waals surface area contributed by atoms with Gasteiger partial charge < -0.3 is 21.1 Å². The molecule has 0 saturated carbocycles. The fraction of sp³-hybridized carbons (Fsp3) is 0.167. The van der Waals surface area contributed by atoms with Crippen LogP contribution < -0.4 is 21.1 Å². The molecule has 0 aliphatic heterocycles. The zero-order chi connectivity index (χ0) is 30.9. The Morgan fingerprint density at radius 1 is 0.952 bits per heavy atom. The van der Waals surface area contributed by atoms with E-state index in [2.05, 4.69) is 10.6 Å². The molecule has 0 fully saturated rings. The summed E-state index contributed by atoms with van der Waals surface area (Å²) in [6.07, 6.45) is -3.11. The van der Waals surface area contributed by atoms with Crippen LogP contribution in [0.4, 0.5) is 23.2 Å². The number of halogens is 4. The summed E-state index contributed by atoms with van der Waals surface area (Å²) >= 11 is 0. The Labute approximate surface area is 239 Å². The minimum absolute atomic E-state index is 0.0241. The van der Waals surface area contributed by atoms with Gasteiger partial charge in [-0.1, -0.05) is 24.3 Å². The molecular weight excluding hydrogens is 556 g/mol. The molecule has 0 unspecified atom stereocenters. The summed E-state index contributed by atoms with van der Waals surface area (Å²) < 4.78 is 57.2. The second kappa shape index (κ2) is 14.0. The zero-order valence-electron chi connectivity index (χ0n) is 22.7. The van der Waals surface area contributed by atoms with Gasteiger partial charge in [0.15, 0.2) is 0 Å².